The predicted molar refractivity (Wildman–Crippen MR) is 96.7 cm³/mol. The number of ether oxygens (including phenoxy) is 1. The van der Waals surface area contributed by atoms with Crippen molar-refractivity contribution in [2.75, 3.05) is 0 Å². The van der Waals surface area contributed by atoms with Crippen LogP contribution in [-0.2, 0) is 16.1 Å². The van der Waals surface area contributed by atoms with Crippen LogP contribution < -0.4 is 0 Å². The highest BCUT2D eigenvalue weighted by atomic mass is 35.5. The van der Waals surface area contributed by atoms with Crippen molar-refractivity contribution in [2.45, 2.75) is 6.61 Å². The molecule has 3 rings (SSSR count). The van der Waals surface area contributed by atoms with Crippen LogP contribution in [0.2, 0.25) is 10.4 Å². The van der Waals surface area contributed by atoms with Gasteiger partial charge in [-0.2, -0.15) is 0 Å². The third kappa shape index (κ3) is 4.26. The summed E-state index contributed by atoms with van der Waals surface area (Å²) in [6.45, 7) is -0.0567. The Kier molecular flexibility index (Phi) is 5.48. The number of hydrogen-bond acceptors (Lipinski definition) is 4. The lowest BCUT2D eigenvalue weighted by Crippen LogP contribution is -2.06. The van der Waals surface area contributed by atoms with Crippen LogP contribution in [0.15, 0.2) is 60.8 Å². The average Bonchev–Trinajstić information content (AvgIpc) is 2.93. The smallest absolute Gasteiger partial charge is 0.331 e. The second-order valence-corrected chi connectivity index (χ2v) is 5.68. The molecule has 0 aliphatic rings. The van der Waals surface area contributed by atoms with Crippen LogP contribution in [0.3, 0.4) is 0 Å². The van der Waals surface area contributed by atoms with Crippen LogP contribution in [0.4, 0.5) is 0 Å². The first-order valence-corrected chi connectivity index (χ1v) is 8.14. The maximum atomic E-state index is 11.9. The normalized spacial score (nSPS) is 11.0. The zero-order valence-electron chi connectivity index (χ0n) is 13.0. The van der Waals surface area contributed by atoms with Crippen molar-refractivity contribution in [3.05, 3.63) is 82.6 Å². The van der Waals surface area contributed by atoms with E-state index in [1.165, 1.54) is 6.08 Å². The van der Waals surface area contributed by atoms with Crippen LogP contribution in [-0.4, -0.2) is 20.5 Å². The van der Waals surface area contributed by atoms with Gasteiger partial charge in [-0.25, -0.2) is 9.78 Å². The Hall–Kier alpha value is -2.63. The maximum Gasteiger partial charge on any atom is 0.331 e. The van der Waals surface area contributed by atoms with E-state index < -0.39 is 5.97 Å². The summed E-state index contributed by atoms with van der Waals surface area (Å²) in [6, 6.07) is 14.7. The average molecular weight is 374 g/mol. The van der Waals surface area contributed by atoms with Gasteiger partial charge in [-0.3, -0.25) is 9.55 Å². The molecule has 0 aliphatic heterocycles. The first-order valence-electron chi connectivity index (χ1n) is 7.39. The molecule has 126 valence electrons. The Labute approximate surface area is 154 Å². The summed E-state index contributed by atoms with van der Waals surface area (Å²) >= 11 is 12.3. The quantitative estimate of drug-likeness (QED) is 0.493. The largest absolute Gasteiger partial charge is 0.456 e. The molecule has 3 aromatic rings. The highest BCUT2D eigenvalue weighted by Gasteiger charge is 2.17. The maximum absolute atomic E-state index is 11.9. The first-order chi connectivity index (χ1) is 12.1. The number of benzene rings is 1. The lowest BCUT2D eigenvalue weighted by molar-refractivity contribution is -0.139. The Morgan fingerprint density at radius 2 is 1.88 bits per heavy atom. The van der Waals surface area contributed by atoms with Crippen LogP contribution in [0.1, 0.15) is 11.4 Å². The lowest BCUT2D eigenvalue weighted by atomic mass is 10.3. The molecule has 0 unspecified atom stereocenters. The number of aromatic nitrogens is 3. The minimum absolute atomic E-state index is 0.0567. The Morgan fingerprint density at radius 1 is 1.12 bits per heavy atom. The van der Waals surface area contributed by atoms with Crippen molar-refractivity contribution in [3.8, 4) is 5.69 Å². The number of carbonyl (C=O) groups is 1. The summed E-state index contributed by atoms with van der Waals surface area (Å²) in [5.74, 6) is -0.515. The first kappa shape index (κ1) is 17.2. The van der Waals surface area contributed by atoms with E-state index in [-0.39, 0.29) is 17.0 Å². The molecule has 0 atom stereocenters. The molecule has 0 aliphatic carbocycles. The zero-order valence-corrected chi connectivity index (χ0v) is 14.5. The van der Waals surface area contributed by atoms with Gasteiger partial charge in [-0.05, 0) is 41.9 Å². The predicted octanol–water partition coefficient (Wildman–Crippen LogP) is 4.33. The molecule has 0 spiro atoms. The Bertz CT molecular complexity index is 893. The van der Waals surface area contributed by atoms with E-state index in [1.807, 2.05) is 36.4 Å². The number of nitrogens with zero attached hydrogens (tertiary/aromatic N) is 3. The van der Waals surface area contributed by atoms with E-state index in [9.17, 15) is 4.79 Å². The summed E-state index contributed by atoms with van der Waals surface area (Å²) in [4.78, 5) is 20.0. The van der Waals surface area contributed by atoms with Gasteiger partial charge >= 0.3 is 5.97 Å². The molecule has 1 aromatic carbocycles. The van der Waals surface area contributed by atoms with Gasteiger partial charge in [-0.15, -0.1) is 0 Å². The summed E-state index contributed by atoms with van der Waals surface area (Å²) in [5.41, 5.74) is 1.94. The highest BCUT2D eigenvalue weighted by Crippen LogP contribution is 2.26. The molecule has 7 heteroatoms. The van der Waals surface area contributed by atoms with Crippen LogP contribution in [0.25, 0.3) is 11.8 Å². The zero-order chi connectivity index (χ0) is 17.6. The second-order valence-electron chi connectivity index (χ2n) is 4.98. The van der Waals surface area contributed by atoms with Gasteiger partial charge in [0.2, 0.25) is 5.28 Å². The molecule has 25 heavy (non-hydrogen) atoms. The highest BCUT2D eigenvalue weighted by molar-refractivity contribution is 6.33. The van der Waals surface area contributed by atoms with Gasteiger partial charge in [-0.1, -0.05) is 35.9 Å². The van der Waals surface area contributed by atoms with Crippen molar-refractivity contribution < 1.29 is 9.53 Å². The second kappa shape index (κ2) is 7.96. The number of hydrogen-bond donors (Lipinski definition) is 0. The molecule has 0 saturated carbocycles. The van der Waals surface area contributed by atoms with E-state index in [0.717, 1.165) is 5.69 Å². The molecular formula is C18H13Cl2N3O2. The van der Waals surface area contributed by atoms with Crippen LogP contribution in [0.5, 0.6) is 0 Å². The van der Waals surface area contributed by atoms with E-state index >= 15 is 0 Å². The van der Waals surface area contributed by atoms with E-state index in [1.54, 1.807) is 29.0 Å². The van der Waals surface area contributed by atoms with Crippen molar-refractivity contribution in [2.24, 2.45) is 0 Å². The number of halogens is 2. The molecule has 0 fully saturated rings. The van der Waals surface area contributed by atoms with E-state index in [0.29, 0.717) is 11.4 Å². The molecule has 0 radical (unpaired) electrons. The lowest BCUT2D eigenvalue weighted by Gasteiger charge is -2.09. The van der Waals surface area contributed by atoms with Crippen LogP contribution in [0, 0.1) is 0 Å². The van der Waals surface area contributed by atoms with Crippen molar-refractivity contribution in [1.29, 1.82) is 0 Å². The summed E-state index contributed by atoms with van der Waals surface area (Å²) in [7, 11) is 0. The molecule has 0 amide bonds. The number of rotatable bonds is 5. The van der Waals surface area contributed by atoms with Gasteiger partial charge < -0.3 is 4.74 Å². The monoisotopic (exact) mass is 373 g/mol. The molecule has 5 nitrogen and oxygen atoms in total. The van der Waals surface area contributed by atoms with Crippen molar-refractivity contribution in [3.63, 3.8) is 0 Å². The molecular weight excluding hydrogens is 361 g/mol. The molecule has 0 bridgehead atoms. The number of imidazole rings is 1. The number of pyridine rings is 1. The molecule has 2 heterocycles. The van der Waals surface area contributed by atoms with Crippen LogP contribution >= 0.6 is 23.2 Å². The van der Waals surface area contributed by atoms with E-state index in [4.69, 9.17) is 27.9 Å². The Balaban J connectivity index is 1.73. The minimum Gasteiger partial charge on any atom is -0.456 e. The SMILES string of the molecule is O=C(/C=C/c1ccccn1)OCc1c(Cl)nc(Cl)n1-c1ccccc1. The number of carbonyl (C=O) groups excluding carboxylic acids is 1. The van der Waals surface area contributed by atoms with Gasteiger partial charge in [0.15, 0.2) is 5.15 Å². The van der Waals surface area contributed by atoms with Crippen molar-refractivity contribution in [1.82, 2.24) is 14.5 Å². The van der Waals surface area contributed by atoms with Gasteiger partial charge in [0.05, 0.1) is 5.69 Å². The fraction of sp³-hybridized carbons (Fsp3) is 0.0556. The van der Waals surface area contributed by atoms with Gasteiger partial charge in [0.1, 0.15) is 12.3 Å². The van der Waals surface area contributed by atoms with Gasteiger partial charge in [0.25, 0.3) is 0 Å². The molecule has 0 saturated heterocycles. The standard InChI is InChI=1S/C18H13Cl2N3O2/c19-17-15(23(18(20)22-17)14-7-2-1-3-8-14)12-25-16(24)10-9-13-6-4-5-11-21-13/h1-11H,12H2/b10-9+. The number of esters is 1. The third-order valence-electron chi connectivity index (χ3n) is 3.33. The number of para-hydroxylation sites is 1. The summed E-state index contributed by atoms with van der Waals surface area (Å²) < 4.78 is 6.89. The van der Waals surface area contributed by atoms with Gasteiger partial charge in [0, 0.05) is 18.0 Å². The summed E-state index contributed by atoms with van der Waals surface area (Å²) in [6.07, 6.45) is 4.53. The summed E-state index contributed by atoms with van der Waals surface area (Å²) in [5, 5.41) is 0.390. The fourth-order valence-corrected chi connectivity index (χ4v) is 2.72. The van der Waals surface area contributed by atoms with E-state index in [2.05, 4.69) is 9.97 Å². The third-order valence-corrected chi connectivity index (χ3v) is 3.88. The topological polar surface area (TPSA) is 57.0 Å². The fourth-order valence-electron chi connectivity index (χ4n) is 2.18. The minimum atomic E-state index is -0.515. The molecule has 0 N–H and O–H groups in total. The molecule has 2 aromatic heterocycles. The Morgan fingerprint density at radius 3 is 2.60 bits per heavy atom. The van der Waals surface area contributed by atoms with Crippen molar-refractivity contribution >= 4 is 35.2 Å².